The number of carboxylic acids is 1. The normalized spacial score (nSPS) is 9.95. The summed E-state index contributed by atoms with van der Waals surface area (Å²) in [4.78, 5) is 33.2. The van der Waals surface area contributed by atoms with Crippen molar-refractivity contribution in [3.05, 3.63) is 27.7 Å². The first-order valence-corrected chi connectivity index (χ1v) is 6.09. The third kappa shape index (κ3) is 4.37. The van der Waals surface area contributed by atoms with Gasteiger partial charge in [-0.1, -0.05) is 23.2 Å². The Bertz CT molecular complexity index is 540. The Morgan fingerprint density at radius 2 is 1.70 bits per heavy atom. The lowest BCUT2D eigenvalue weighted by Crippen LogP contribution is -2.36. The van der Waals surface area contributed by atoms with E-state index in [2.05, 4.69) is 10.6 Å². The molecule has 20 heavy (non-hydrogen) atoms. The maximum atomic E-state index is 11.6. The first-order valence-electron chi connectivity index (χ1n) is 5.34. The zero-order chi connectivity index (χ0) is 15.3. The van der Waals surface area contributed by atoms with E-state index in [4.69, 9.17) is 34.0 Å². The number of hydrogen-bond donors (Lipinski definition) is 4. The maximum Gasteiger partial charge on any atom is 0.335 e. The summed E-state index contributed by atoms with van der Waals surface area (Å²) in [7, 11) is 0. The molecular formula is C11H11Cl2N3O4. The standard InChI is InChI=1S/C11H11Cl2N3O4/c12-6-1-5(11(19)20)2-7(13)10(6)16-9(18)4-15-8(17)3-14/h1-2H,3-4,14H2,(H,15,17)(H,16,18)(H,19,20). The fourth-order valence-corrected chi connectivity index (χ4v) is 1.83. The molecule has 0 radical (unpaired) electrons. The van der Waals surface area contributed by atoms with Crippen molar-refractivity contribution in [3.63, 3.8) is 0 Å². The number of halogens is 2. The summed E-state index contributed by atoms with van der Waals surface area (Å²) < 4.78 is 0. The van der Waals surface area contributed by atoms with Crippen molar-refractivity contribution < 1.29 is 19.5 Å². The van der Waals surface area contributed by atoms with E-state index >= 15 is 0 Å². The molecule has 1 aromatic rings. The van der Waals surface area contributed by atoms with E-state index in [1.807, 2.05) is 0 Å². The topological polar surface area (TPSA) is 122 Å². The number of anilines is 1. The monoisotopic (exact) mass is 319 g/mol. The fourth-order valence-electron chi connectivity index (χ4n) is 1.25. The Hall–Kier alpha value is -1.83. The van der Waals surface area contributed by atoms with Crippen molar-refractivity contribution in [1.29, 1.82) is 0 Å². The van der Waals surface area contributed by atoms with Crippen LogP contribution in [0, 0.1) is 0 Å². The molecule has 0 aliphatic carbocycles. The van der Waals surface area contributed by atoms with Crippen molar-refractivity contribution in [2.45, 2.75) is 0 Å². The van der Waals surface area contributed by atoms with Crippen LogP contribution in [-0.4, -0.2) is 36.0 Å². The van der Waals surface area contributed by atoms with Crippen LogP contribution in [0.25, 0.3) is 0 Å². The van der Waals surface area contributed by atoms with Gasteiger partial charge < -0.3 is 21.5 Å². The molecule has 9 heteroatoms. The quantitative estimate of drug-likeness (QED) is 0.636. The highest BCUT2D eigenvalue weighted by atomic mass is 35.5. The highest BCUT2D eigenvalue weighted by molar-refractivity contribution is 6.40. The van der Waals surface area contributed by atoms with Crippen LogP contribution in [-0.2, 0) is 9.59 Å². The molecule has 0 bridgehead atoms. The lowest BCUT2D eigenvalue weighted by molar-refractivity contribution is -0.123. The van der Waals surface area contributed by atoms with Crippen molar-refractivity contribution in [3.8, 4) is 0 Å². The number of rotatable bonds is 5. The van der Waals surface area contributed by atoms with E-state index in [-0.39, 0.29) is 34.4 Å². The summed E-state index contributed by atoms with van der Waals surface area (Å²) in [5, 5.41) is 13.4. The summed E-state index contributed by atoms with van der Waals surface area (Å²) in [6.45, 7) is -0.536. The van der Waals surface area contributed by atoms with E-state index in [0.717, 1.165) is 12.1 Å². The van der Waals surface area contributed by atoms with E-state index in [1.54, 1.807) is 0 Å². The van der Waals surface area contributed by atoms with Crippen LogP contribution in [0.5, 0.6) is 0 Å². The molecule has 5 N–H and O–H groups in total. The number of aromatic carboxylic acids is 1. The molecule has 0 aliphatic rings. The minimum atomic E-state index is -1.19. The second-order valence-corrected chi connectivity index (χ2v) is 4.46. The predicted octanol–water partition coefficient (Wildman–Crippen LogP) is 0.705. The smallest absolute Gasteiger partial charge is 0.335 e. The van der Waals surface area contributed by atoms with Gasteiger partial charge >= 0.3 is 5.97 Å². The van der Waals surface area contributed by atoms with Crippen LogP contribution < -0.4 is 16.4 Å². The zero-order valence-corrected chi connectivity index (χ0v) is 11.6. The second kappa shape index (κ2) is 7.09. The van der Waals surface area contributed by atoms with E-state index < -0.39 is 17.8 Å². The maximum absolute atomic E-state index is 11.6. The summed E-state index contributed by atoms with van der Waals surface area (Å²) in [5.41, 5.74) is 5.03. The predicted molar refractivity (Wildman–Crippen MR) is 74.1 cm³/mol. The lowest BCUT2D eigenvalue weighted by atomic mass is 10.2. The van der Waals surface area contributed by atoms with Gasteiger partial charge in [-0.2, -0.15) is 0 Å². The van der Waals surface area contributed by atoms with E-state index in [9.17, 15) is 14.4 Å². The summed E-state index contributed by atoms with van der Waals surface area (Å²) >= 11 is 11.7. The van der Waals surface area contributed by atoms with Crippen LogP contribution in [0.3, 0.4) is 0 Å². The van der Waals surface area contributed by atoms with Gasteiger partial charge in [0.25, 0.3) is 0 Å². The molecule has 0 heterocycles. The largest absolute Gasteiger partial charge is 0.478 e. The number of nitrogens with two attached hydrogens (primary N) is 1. The molecule has 0 saturated carbocycles. The van der Waals surface area contributed by atoms with Gasteiger partial charge in [0.2, 0.25) is 11.8 Å². The summed E-state index contributed by atoms with van der Waals surface area (Å²) in [5.74, 6) is -2.25. The highest BCUT2D eigenvalue weighted by Gasteiger charge is 2.14. The Kier molecular flexibility index (Phi) is 5.75. The third-order valence-corrected chi connectivity index (χ3v) is 2.78. The Morgan fingerprint density at radius 3 is 2.15 bits per heavy atom. The summed E-state index contributed by atoms with van der Waals surface area (Å²) in [6.07, 6.45) is 0. The number of carboxylic acid groups (broad SMARTS) is 1. The molecule has 2 amide bonds. The minimum Gasteiger partial charge on any atom is -0.478 e. The first kappa shape index (κ1) is 16.2. The van der Waals surface area contributed by atoms with Crippen molar-refractivity contribution in [1.82, 2.24) is 5.32 Å². The number of carbonyl (C=O) groups excluding carboxylic acids is 2. The van der Waals surface area contributed by atoms with Crippen LogP contribution >= 0.6 is 23.2 Å². The van der Waals surface area contributed by atoms with Crippen LogP contribution in [0.2, 0.25) is 10.0 Å². The van der Waals surface area contributed by atoms with Gasteiger partial charge in [0.15, 0.2) is 0 Å². The average molecular weight is 320 g/mol. The van der Waals surface area contributed by atoms with Gasteiger partial charge in [-0.15, -0.1) is 0 Å². The van der Waals surface area contributed by atoms with Gasteiger partial charge in [-0.05, 0) is 12.1 Å². The molecule has 0 saturated heterocycles. The second-order valence-electron chi connectivity index (χ2n) is 3.65. The van der Waals surface area contributed by atoms with Crippen molar-refractivity contribution >= 4 is 46.7 Å². The van der Waals surface area contributed by atoms with Crippen molar-refractivity contribution in [2.24, 2.45) is 5.73 Å². The molecular weight excluding hydrogens is 309 g/mol. The molecule has 0 aromatic heterocycles. The number of amides is 2. The van der Waals surface area contributed by atoms with Crippen LogP contribution in [0.1, 0.15) is 10.4 Å². The highest BCUT2D eigenvalue weighted by Crippen LogP contribution is 2.31. The van der Waals surface area contributed by atoms with Gasteiger partial charge in [0, 0.05) is 0 Å². The Balaban J connectivity index is 2.80. The fraction of sp³-hybridized carbons (Fsp3) is 0.182. The molecule has 0 fully saturated rings. The number of carbonyl (C=O) groups is 3. The number of hydrogen-bond acceptors (Lipinski definition) is 4. The molecule has 0 unspecified atom stereocenters. The molecule has 7 nitrogen and oxygen atoms in total. The molecule has 1 rings (SSSR count). The molecule has 0 aliphatic heterocycles. The molecule has 1 aromatic carbocycles. The molecule has 0 atom stereocenters. The van der Waals surface area contributed by atoms with E-state index in [0.29, 0.717) is 0 Å². The molecule has 108 valence electrons. The van der Waals surface area contributed by atoms with E-state index in [1.165, 1.54) is 0 Å². The van der Waals surface area contributed by atoms with Gasteiger partial charge in [0.1, 0.15) is 0 Å². The van der Waals surface area contributed by atoms with Crippen molar-refractivity contribution in [2.75, 3.05) is 18.4 Å². The van der Waals surface area contributed by atoms with Gasteiger partial charge in [-0.3, -0.25) is 9.59 Å². The average Bonchev–Trinajstić information content (AvgIpc) is 2.39. The van der Waals surface area contributed by atoms with Crippen LogP contribution in [0.15, 0.2) is 12.1 Å². The zero-order valence-electron chi connectivity index (χ0n) is 10.1. The summed E-state index contributed by atoms with van der Waals surface area (Å²) in [6, 6.07) is 2.31. The first-order chi connectivity index (χ1) is 9.35. The van der Waals surface area contributed by atoms with Gasteiger partial charge in [-0.25, -0.2) is 4.79 Å². The van der Waals surface area contributed by atoms with Crippen LogP contribution in [0.4, 0.5) is 5.69 Å². The Morgan fingerprint density at radius 1 is 1.15 bits per heavy atom. The Labute approximate surface area is 124 Å². The third-order valence-electron chi connectivity index (χ3n) is 2.18. The van der Waals surface area contributed by atoms with Gasteiger partial charge in [0.05, 0.1) is 34.4 Å². The number of nitrogens with one attached hydrogen (secondary N) is 2. The SMILES string of the molecule is NCC(=O)NCC(=O)Nc1c(Cl)cc(C(=O)O)cc1Cl. The lowest BCUT2D eigenvalue weighted by Gasteiger charge is -2.10. The number of benzene rings is 1. The molecule has 0 spiro atoms. The minimum absolute atomic E-state index is 0.0200.